The zero-order chi connectivity index (χ0) is 22.4. The van der Waals surface area contributed by atoms with Crippen molar-refractivity contribution in [2.24, 2.45) is 0 Å². The Hall–Kier alpha value is -2.86. The second-order valence-electron chi connectivity index (χ2n) is 7.69. The van der Waals surface area contributed by atoms with E-state index in [1.165, 1.54) is 11.1 Å². The molecule has 164 valence electrons. The van der Waals surface area contributed by atoms with Crippen LogP contribution in [0, 0.1) is 13.8 Å². The summed E-state index contributed by atoms with van der Waals surface area (Å²) in [4.78, 5) is 19.8. The summed E-state index contributed by atoms with van der Waals surface area (Å²) in [5.41, 5.74) is 3.95. The van der Waals surface area contributed by atoms with Crippen LogP contribution < -0.4 is 9.47 Å². The molecular formula is C25H30N2O3S. The van der Waals surface area contributed by atoms with E-state index in [4.69, 9.17) is 14.5 Å². The maximum absolute atomic E-state index is 13.2. The van der Waals surface area contributed by atoms with Crippen molar-refractivity contribution < 1.29 is 14.3 Å². The molecule has 0 radical (unpaired) electrons. The normalized spacial score (nSPS) is 11.8. The molecule has 1 heterocycles. The van der Waals surface area contributed by atoms with Gasteiger partial charge >= 0.3 is 0 Å². The van der Waals surface area contributed by atoms with Crippen molar-refractivity contribution in [3.8, 4) is 11.5 Å². The molecule has 6 heteroatoms. The van der Waals surface area contributed by atoms with Gasteiger partial charge in [0.05, 0.1) is 19.3 Å². The van der Waals surface area contributed by atoms with E-state index < -0.39 is 0 Å². The number of carbonyl (C=O) groups is 1. The lowest BCUT2D eigenvalue weighted by atomic mass is 10.1. The van der Waals surface area contributed by atoms with Crippen LogP contribution in [0.5, 0.6) is 11.5 Å². The Morgan fingerprint density at radius 1 is 1.13 bits per heavy atom. The van der Waals surface area contributed by atoms with E-state index >= 15 is 0 Å². The van der Waals surface area contributed by atoms with Gasteiger partial charge in [-0.3, -0.25) is 4.79 Å². The van der Waals surface area contributed by atoms with E-state index in [9.17, 15) is 4.79 Å². The highest BCUT2D eigenvalue weighted by atomic mass is 32.1. The highest BCUT2D eigenvalue weighted by Crippen LogP contribution is 2.22. The summed E-state index contributed by atoms with van der Waals surface area (Å²) in [5, 5.41) is 2.90. The van der Waals surface area contributed by atoms with Crippen LogP contribution in [-0.2, 0) is 13.2 Å². The minimum Gasteiger partial charge on any atom is -0.497 e. The number of hydrogen-bond acceptors (Lipinski definition) is 5. The van der Waals surface area contributed by atoms with Gasteiger partial charge in [-0.1, -0.05) is 19.1 Å². The topological polar surface area (TPSA) is 51.7 Å². The third kappa shape index (κ3) is 5.85. The van der Waals surface area contributed by atoms with Gasteiger partial charge in [0.1, 0.15) is 23.1 Å². The lowest BCUT2D eigenvalue weighted by Gasteiger charge is -2.28. The fourth-order valence-corrected chi connectivity index (χ4v) is 3.88. The Kier molecular flexibility index (Phi) is 7.69. The highest BCUT2D eigenvalue weighted by molar-refractivity contribution is 7.09. The van der Waals surface area contributed by atoms with Crippen molar-refractivity contribution in [1.82, 2.24) is 9.88 Å². The van der Waals surface area contributed by atoms with Crippen molar-refractivity contribution in [2.75, 3.05) is 7.11 Å². The first kappa shape index (κ1) is 22.8. The Balaban J connectivity index is 1.69. The van der Waals surface area contributed by atoms with E-state index in [0.717, 1.165) is 22.9 Å². The Morgan fingerprint density at radius 3 is 2.65 bits per heavy atom. The Labute approximate surface area is 188 Å². The number of ether oxygens (including phenoxy) is 2. The molecule has 0 N–H and O–H groups in total. The molecule has 3 aromatic rings. The van der Waals surface area contributed by atoms with E-state index in [-0.39, 0.29) is 11.9 Å². The number of benzene rings is 2. The number of nitrogens with zero attached hydrogens (tertiary/aromatic N) is 2. The molecule has 0 spiro atoms. The summed E-state index contributed by atoms with van der Waals surface area (Å²) in [7, 11) is 1.60. The van der Waals surface area contributed by atoms with Gasteiger partial charge in [0.25, 0.3) is 5.91 Å². The predicted molar refractivity (Wildman–Crippen MR) is 125 cm³/mol. The first-order valence-electron chi connectivity index (χ1n) is 10.5. The number of hydrogen-bond donors (Lipinski definition) is 0. The molecule has 1 atom stereocenters. The average molecular weight is 439 g/mol. The SMILES string of the molecule is CCC(C)N(Cc1csc(COc2ccc(C)c(C)c2)n1)C(=O)c1cccc(OC)c1. The first-order chi connectivity index (χ1) is 14.9. The van der Waals surface area contributed by atoms with E-state index in [0.29, 0.717) is 24.5 Å². The maximum atomic E-state index is 13.2. The smallest absolute Gasteiger partial charge is 0.254 e. The second kappa shape index (κ2) is 10.4. The molecule has 0 aliphatic heterocycles. The molecule has 1 amide bonds. The van der Waals surface area contributed by atoms with Crippen LogP contribution in [-0.4, -0.2) is 28.9 Å². The second-order valence-corrected chi connectivity index (χ2v) is 8.63. The van der Waals surface area contributed by atoms with Crippen LogP contribution >= 0.6 is 11.3 Å². The zero-order valence-electron chi connectivity index (χ0n) is 18.8. The monoisotopic (exact) mass is 438 g/mol. The number of carbonyl (C=O) groups excluding carboxylic acids is 1. The summed E-state index contributed by atoms with van der Waals surface area (Å²) in [6, 6.07) is 13.5. The van der Waals surface area contributed by atoms with Gasteiger partial charge in [0, 0.05) is 17.0 Å². The third-order valence-corrected chi connectivity index (χ3v) is 6.34. The fraction of sp³-hybridized carbons (Fsp3) is 0.360. The fourth-order valence-electron chi connectivity index (χ4n) is 3.18. The Morgan fingerprint density at radius 2 is 1.94 bits per heavy atom. The van der Waals surface area contributed by atoms with Crippen LogP contribution in [0.1, 0.15) is 52.5 Å². The molecule has 31 heavy (non-hydrogen) atoms. The molecule has 0 bridgehead atoms. The molecule has 0 saturated heterocycles. The lowest BCUT2D eigenvalue weighted by molar-refractivity contribution is 0.0668. The minimum absolute atomic E-state index is 0.0193. The van der Waals surface area contributed by atoms with E-state index in [1.54, 1.807) is 24.5 Å². The molecule has 0 saturated carbocycles. The number of thiazole rings is 1. The van der Waals surface area contributed by atoms with Crippen LogP contribution in [0.15, 0.2) is 47.8 Å². The van der Waals surface area contributed by atoms with Crippen LogP contribution in [0.2, 0.25) is 0 Å². The summed E-state index contributed by atoms with van der Waals surface area (Å²) in [5.74, 6) is 1.50. The predicted octanol–water partition coefficient (Wildman–Crippen LogP) is 5.79. The molecular weight excluding hydrogens is 408 g/mol. The van der Waals surface area contributed by atoms with E-state index in [1.807, 2.05) is 40.6 Å². The van der Waals surface area contributed by atoms with Gasteiger partial charge in [-0.2, -0.15) is 0 Å². The molecule has 1 unspecified atom stereocenters. The van der Waals surface area contributed by atoms with Gasteiger partial charge in [-0.25, -0.2) is 4.98 Å². The lowest BCUT2D eigenvalue weighted by Crippen LogP contribution is -2.37. The van der Waals surface area contributed by atoms with Crippen molar-refractivity contribution in [3.05, 3.63) is 75.2 Å². The molecule has 0 fully saturated rings. The van der Waals surface area contributed by atoms with E-state index in [2.05, 4.69) is 33.8 Å². The number of amides is 1. The van der Waals surface area contributed by atoms with Gasteiger partial charge in [0.15, 0.2) is 0 Å². The molecule has 3 rings (SSSR count). The molecule has 5 nitrogen and oxygen atoms in total. The quantitative estimate of drug-likeness (QED) is 0.424. The molecule has 0 aliphatic carbocycles. The zero-order valence-corrected chi connectivity index (χ0v) is 19.7. The van der Waals surface area contributed by atoms with Crippen LogP contribution in [0.4, 0.5) is 0 Å². The van der Waals surface area contributed by atoms with Gasteiger partial charge < -0.3 is 14.4 Å². The summed E-state index contributed by atoms with van der Waals surface area (Å²) >= 11 is 1.56. The molecule has 1 aromatic heterocycles. The summed E-state index contributed by atoms with van der Waals surface area (Å²) < 4.78 is 11.2. The Bertz CT molecular complexity index is 1030. The third-order valence-electron chi connectivity index (χ3n) is 5.47. The average Bonchev–Trinajstić information content (AvgIpc) is 3.24. The van der Waals surface area contributed by atoms with Crippen molar-refractivity contribution in [3.63, 3.8) is 0 Å². The maximum Gasteiger partial charge on any atom is 0.254 e. The summed E-state index contributed by atoms with van der Waals surface area (Å²) in [6.07, 6.45) is 0.864. The number of methoxy groups -OCH3 is 1. The number of aryl methyl sites for hydroxylation is 2. The van der Waals surface area contributed by atoms with Crippen LogP contribution in [0.25, 0.3) is 0 Å². The summed E-state index contributed by atoms with van der Waals surface area (Å²) in [6.45, 7) is 9.19. The number of rotatable bonds is 9. The molecule has 2 aromatic carbocycles. The standard InChI is InChI=1S/C25H30N2O3S/c1-6-19(4)27(25(28)20-8-7-9-22(13-20)29-5)14-21-16-31-24(26-21)15-30-23-11-10-17(2)18(3)12-23/h7-13,16,19H,6,14-15H2,1-5H3. The van der Waals surface area contributed by atoms with Gasteiger partial charge in [0.2, 0.25) is 0 Å². The van der Waals surface area contributed by atoms with Crippen LogP contribution in [0.3, 0.4) is 0 Å². The largest absolute Gasteiger partial charge is 0.497 e. The molecule has 0 aliphatic rings. The van der Waals surface area contributed by atoms with Crippen molar-refractivity contribution in [1.29, 1.82) is 0 Å². The number of aromatic nitrogens is 1. The van der Waals surface area contributed by atoms with Gasteiger partial charge in [-0.15, -0.1) is 11.3 Å². The van der Waals surface area contributed by atoms with Crippen molar-refractivity contribution in [2.45, 2.75) is 53.3 Å². The minimum atomic E-state index is -0.0193. The van der Waals surface area contributed by atoms with Gasteiger partial charge in [-0.05, 0) is 68.7 Å². The van der Waals surface area contributed by atoms with Crippen molar-refractivity contribution >= 4 is 17.2 Å². The first-order valence-corrected chi connectivity index (χ1v) is 11.4. The highest BCUT2D eigenvalue weighted by Gasteiger charge is 2.22.